The molecule has 1 aromatic heterocycles. The van der Waals surface area contributed by atoms with E-state index >= 15 is 0 Å². The maximum absolute atomic E-state index is 8.94. The summed E-state index contributed by atoms with van der Waals surface area (Å²) < 4.78 is 0.838. The van der Waals surface area contributed by atoms with Crippen LogP contribution >= 0.6 is 15.9 Å². The van der Waals surface area contributed by atoms with Crippen LogP contribution in [0.4, 0.5) is 0 Å². The summed E-state index contributed by atoms with van der Waals surface area (Å²) in [6.45, 7) is 4.01. The highest BCUT2D eigenvalue weighted by molar-refractivity contribution is 9.10. The summed E-state index contributed by atoms with van der Waals surface area (Å²) in [5, 5.41) is 8.94. The number of aromatic nitrogens is 2. The van der Waals surface area contributed by atoms with Gasteiger partial charge in [0.25, 0.3) is 0 Å². The molecule has 1 rings (SSSR count). The molecule has 1 aromatic rings. The average Bonchev–Trinajstić information content (AvgIpc) is 1.94. The first-order valence-electron chi connectivity index (χ1n) is 3.32. The molecule has 0 atom stereocenters. The Morgan fingerprint density at radius 3 is 2.64 bits per heavy atom. The van der Waals surface area contributed by atoms with E-state index < -0.39 is 0 Å². The zero-order valence-corrected chi connectivity index (χ0v) is 7.96. The molecule has 0 fully saturated rings. The molecule has 0 aromatic carbocycles. The lowest BCUT2D eigenvalue weighted by molar-refractivity contribution is 0.426. The van der Waals surface area contributed by atoms with Gasteiger partial charge in [0.1, 0.15) is 0 Å². The normalized spacial score (nSPS) is 10.5. The van der Waals surface area contributed by atoms with Crippen LogP contribution in [0.15, 0.2) is 10.7 Å². The lowest BCUT2D eigenvalue weighted by Crippen LogP contribution is -1.95. The van der Waals surface area contributed by atoms with Crippen LogP contribution in [0.1, 0.15) is 25.5 Å². The van der Waals surface area contributed by atoms with E-state index in [1.54, 1.807) is 6.20 Å². The summed E-state index contributed by atoms with van der Waals surface area (Å²) in [7, 11) is 0. The Hall–Kier alpha value is -0.640. The third-order valence-corrected chi connectivity index (χ3v) is 1.92. The van der Waals surface area contributed by atoms with Gasteiger partial charge in [0.15, 0.2) is 0 Å². The van der Waals surface area contributed by atoms with Crippen molar-refractivity contribution in [3.63, 3.8) is 0 Å². The van der Waals surface area contributed by atoms with Gasteiger partial charge in [-0.1, -0.05) is 13.8 Å². The first kappa shape index (κ1) is 8.46. The highest BCUT2D eigenvalue weighted by Crippen LogP contribution is 2.22. The van der Waals surface area contributed by atoms with E-state index in [0.717, 1.165) is 10.2 Å². The van der Waals surface area contributed by atoms with Crippen molar-refractivity contribution in [3.05, 3.63) is 16.4 Å². The molecule has 0 bridgehead atoms. The van der Waals surface area contributed by atoms with Crippen molar-refractivity contribution < 1.29 is 5.11 Å². The molecule has 0 saturated carbocycles. The van der Waals surface area contributed by atoms with E-state index in [2.05, 4.69) is 25.9 Å². The molecule has 4 heteroatoms. The van der Waals surface area contributed by atoms with Gasteiger partial charge in [-0.05, 0) is 21.8 Å². The standard InChI is InChI=1S/C7H9BrN2O/c1-4(2)6-5(8)3-9-7(11)10-6/h3-4H,1-2H3,(H,9,10,11). The van der Waals surface area contributed by atoms with Crippen LogP contribution in [0.2, 0.25) is 0 Å². The lowest BCUT2D eigenvalue weighted by Gasteiger charge is -2.05. The second kappa shape index (κ2) is 3.17. The summed E-state index contributed by atoms with van der Waals surface area (Å²) in [4.78, 5) is 7.49. The second-order valence-corrected chi connectivity index (χ2v) is 3.41. The van der Waals surface area contributed by atoms with Crippen LogP contribution < -0.4 is 0 Å². The second-order valence-electron chi connectivity index (χ2n) is 2.56. The van der Waals surface area contributed by atoms with Gasteiger partial charge in [0.2, 0.25) is 0 Å². The molecule has 0 aliphatic rings. The fraction of sp³-hybridized carbons (Fsp3) is 0.429. The minimum atomic E-state index is -0.170. The van der Waals surface area contributed by atoms with Crippen LogP contribution in [-0.2, 0) is 0 Å². The van der Waals surface area contributed by atoms with Crippen LogP contribution in [0.3, 0.4) is 0 Å². The fourth-order valence-corrected chi connectivity index (χ4v) is 1.42. The molecule has 0 saturated heterocycles. The Balaban J connectivity index is 3.13. The van der Waals surface area contributed by atoms with E-state index in [1.807, 2.05) is 13.8 Å². The summed E-state index contributed by atoms with van der Waals surface area (Å²) >= 11 is 3.29. The molecule has 0 amide bonds. The molecule has 0 radical (unpaired) electrons. The Kier molecular flexibility index (Phi) is 2.44. The van der Waals surface area contributed by atoms with Gasteiger partial charge in [-0.25, -0.2) is 4.98 Å². The quantitative estimate of drug-likeness (QED) is 0.783. The molecular weight excluding hydrogens is 208 g/mol. The van der Waals surface area contributed by atoms with Crippen LogP contribution in [0.25, 0.3) is 0 Å². The third-order valence-electron chi connectivity index (χ3n) is 1.31. The van der Waals surface area contributed by atoms with Crippen molar-refractivity contribution in [2.45, 2.75) is 19.8 Å². The molecule has 0 spiro atoms. The highest BCUT2D eigenvalue weighted by atomic mass is 79.9. The van der Waals surface area contributed by atoms with Crippen LogP contribution in [0, 0.1) is 0 Å². The van der Waals surface area contributed by atoms with Gasteiger partial charge in [-0.3, -0.25) is 0 Å². The molecule has 0 aliphatic carbocycles. The lowest BCUT2D eigenvalue weighted by atomic mass is 10.1. The zero-order valence-electron chi connectivity index (χ0n) is 6.37. The number of aromatic hydroxyl groups is 1. The fourth-order valence-electron chi connectivity index (χ4n) is 0.775. The summed E-state index contributed by atoms with van der Waals surface area (Å²) in [5.74, 6) is 0.290. The maximum atomic E-state index is 8.94. The van der Waals surface area contributed by atoms with E-state index in [-0.39, 0.29) is 6.01 Å². The van der Waals surface area contributed by atoms with Gasteiger partial charge in [0, 0.05) is 6.20 Å². The Bertz CT molecular complexity index is 263. The molecule has 3 nitrogen and oxygen atoms in total. The van der Waals surface area contributed by atoms with E-state index in [9.17, 15) is 0 Å². The molecule has 60 valence electrons. The first-order valence-corrected chi connectivity index (χ1v) is 4.12. The Morgan fingerprint density at radius 1 is 1.55 bits per heavy atom. The van der Waals surface area contributed by atoms with Crippen molar-refractivity contribution in [3.8, 4) is 6.01 Å². The average molecular weight is 217 g/mol. The van der Waals surface area contributed by atoms with E-state index in [0.29, 0.717) is 5.92 Å². The topological polar surface area (TPSA) is 46.0 Å². The molecule has 1 N–H and O–H groups in total. The van der Waals surface area contributed by atoms with Crippen molar-refractivity contribution in [2.75, 3.05) is 0 Å². The van der Waals surface area contributed by atoms with Gasteiger partial charge in [0.05, 0.1) is 10.2 Å². The molecular formula is C7H9BrN2O. The monoisotopic (exact) mass is 216 g/mol. The van der Waals surface area contributed by atoms with Gasteiger partial charge < -0.3 is 5.11 Å². The SMILES string of the molecule is CC(C)c1nc(O)ncc1Br. The van der Waals surface area contributed by atoms with Crippen LogP contribution in [0.5, 0.6) is 6.01 Å². The van der Waals surface area contributed by atoms with Crippen LogP contribution in [-0.4, -0.2) is 15.1 Å². The molecule has 11 heavy (non-hydrogen) atoms. The van der Waals surface area contributed by atoms with Gasteiger partial charge in [-0.15, -0.1) is 0 Å². The van der Waals surface area contributed by atoms with E-state index in [4.69, 9.17) is 5.11 Å². The predicted molar refractivity (Wildman–Crippen MR) is 45.5 cm³/mol. The third kappa shape index (κ3) is 1.89. The number of hydrogen-bond acceptors (Lipinski definition) is 3. The first-order chi connectivity index (χ1) is 5.11. The van der Waals surface area contributed by atoms with Crippen molar-refractivity contribution in [2.24, 2.45) is 0 Å². The molecule has 1 heterocycles. The smallest absolute Gasteiger partial charge is 0.314 e. The number of hydrogen-bond donors (Lipinski definition) is 1. The predicted octanol–water partition coefficient (Wildman–Crippen LogP) is 2.07. The minimum Gasteiger partial charge on any atom is -0.479 e. The van der Waals surface area contributed by atoms with Crippen molar-refractivity contribution in [1.82, 2.24) is 9.97 Å². The summed E-state index contributed by atoms with van der Waals surface area (Å²) in [6.07, 6.45) is 1.55. The Morgan fingerprint density at radius 2 is 2.18 bits per heavy atom. The molecule has 0 aliphatic heterocycles. The van der Waals surface area contributed by atoms with E-state index in [1.165, 1.54) is 0 Å². The minimum absolute atomic E-state index is 0.170. The Labute approximate surface area is 73.6 Å². The summed E-state index contributed by atoms with van der Waals surface area (Å²) in [6, 6.07) is -0.170. The zero-order chi connectivity index (χ0) is 8.43. The number of halogens is 1. The largest absolute Gasteiger partial charge is 0.479 e. The number of rotatable bonds is 1. The van der Waals surface area contributed by atoms with Crippen molar-refractivity contribution in [1.29, 1.82) is 0 Å². The number of nitrogens with zero attached hydrogens (tertiary/aromatic N) is 2. The highest BCUT2D eigenvalue weighted by Gasteiger charge is 2.07. The maximum Gasteiger partial charge on any atom is 0.314 e. The van der Waals surface area contributed by atoms with Crippen molar-refractivity contribution >= 4 is 15.9 Å². The summed E-state index contributed by atoms with van der Waals surface area (Å²) in [5.41, 5.74) is 0.831. The van der Waals surface area contributed by atoms with Gasteiger partial charge >= 0.3 is 6.01 Å². The molecule has 0 unspecified atom stereocenters. The van der Waals surface area contributed by atoms with Gasteiger partial charge in [-0.2, -0.15) is 4.98 Å².